The first-order chi connectivity index (χ1) is 11.2. The molecule has 1 aromatic heterocycles. The smallest absolute Gasteiger partial charge is 0.226 e. The summed E-state index contributed by atoms with van der Waals surface area (Å²) in [6.45, 7) is 2.94. The number of nitrogens with two attached hydrogens (primary N) is 1. The van der Waals surface area contributed by atoms with Crippen LogP contribution >= 0.6 is 24.8 Å². The third kappa shape index (κ3) is 4.61. The Kier molecular flexibility index (Phi) is 6.65. The van der Waals surface area contributed by atoms with Crippen molar-refractivity contribution in [1.29, 1.82) is 0 Å². The summed E-state index contributed by atoms with van der Waals surface area (Å²) in [6.07, 6.45) is 8.88. The summed E-state index contributed by atoms with van der Waals surface area (Å²) >= 11 is 0. The van der Waals surface area contributed by atoms with Gasteiger partial charge >= 0.3 is 0 Å². The van der Waals surface area contributed by atoms with E-state index in [1.54, 1.807) is 18.5 Å². The maximum atomic E-state index is 12.8. The average Bonchev–Trinajstić information content (AvgIpc) is 3.47. The lowest BCUT2D eigenvalue weighted by molar-refractivity contribution is -0.128. The number of rotatable bonds is 5. The van der Waals surface area contributed by atoms with Crippen LogP contribution in [0.5, 0.6) is 0 Å². The molecule has 1 saturated heterocycles. The van der Waals surface area contributed by atoms with Crippen molar-refractivity contribution in [2.45, 2.75) is 43.7 Å². The molecule has 3 N–H and O–H groups in total. The maximum Gasteiger partial charge on any atom is 0.226 e. The number of halogens is 2. The predicted molar refractivity (Wildman–Crippen MR) is 101 cm³/mol. The quantitative estimate of drug-likeness (QED) is 0.799. The Morgan fingerprint density at radius 3 is 2.52 bits per heavy atom. The lowest BCUT2D eigenvalue weighted by Gasteiger charge is -2.36. The minimum Gasteiger partial charge on any atom is -0.343 e. The molecule has 2 heterocycles. The molecule has 0 bridgehead atoms. The van der Waals surface area contributed by atoms with E-state index >= 15 is 0 Å². The van der Waals surface area contributed by atoms with E-state index in [4.69, 9.17) is 5.73 Å². The van der Waals surface area contributed by atoms with Gasteiger partial charge in [-0.25, -0.2) is 9.97 Å². The predicted octanol–water partition coefficient (Wildman–Crippen LogP) is 1.48. The molecular formula is C17H27Cl2N5O. The van der Waals surface area contributed by atoms with Crippen LogP contribution in [0.1, 0.15) is 37.9 Å². The van der Waals surface area contributed by atoms with Gasteiger partial charge in [0.1, 0.15) is 0 Å². The highest BCUT2D eigenvalue weighted by atomic mass is 35.5. The lowest BCUT2D eigenvalue weighted by Crippen LogP contribution is -2.55. The zero-order chi connectivity index (χ0) is 15.9. The van der Waals surface area contributed by atoms with E-state index in [0.29, 0.717) is 0 Å². The lowest BCUT2D eigenvalue weighted by atomic mass is 9.91. The molecule has 2 aliphatic carbocycles. The van der Waals surface area contributed by atoms with Crippen LogP contribution in [0.3, 0.4) is 0 Å². The second kappa shape index (κ2) is 8.16. The van der Waals surface area contributed by atoms with E-state index < -0.39 is 0 Å². The van der Waals surface area contributed by atoms with Gasteiger partial charge in [-0.3, -0.25) is 4.79 Å². The van der Waals surface area contributed by atoms with Gasteiger partial charge in [-0.05, 0) is 50.6 Å². The van der Waals surface area contributed by atoms with Crippen molar-refractivity contribution in [2.24, 2.45) is 17.6 Å². The summed E-state index contributed by atoms with van der Waals surface area (Å²) in [7, 11) is 0. The SMILES string of the molecule is Cl.Cl.N[C@@H]1CCN(CC2CC2)C[C@H]1C(=O)NC1(c2ncccn2)CC1. The number of hydrogen-bond acceptors (Lipinski definition) is 5. The summed E-state index contributed by atoms with van der Waals surface area (Å²) in [5, 5.41) is 3.20. The van der Waals surface area contributed by atoms with Gasteiger partial charge in [0.25, 0.3) is 0 Å². The molecule has 140 valence electrons. The fraction of sp³-hybridized carbons (Fsp3) is 0.706. The van der Waals surface area contributed by atoms with E-state index in [9.17, 15) is 4.79 Å². The van der Waals surface area contributed by atoms with E-state index in [1.165, 1.54) is 12.8 Å². The van der Waals surface area contributed by atoms with Crippen LogP contribution in [0.15, 0.2) is 18.5 Å². The molecule has 2 saturated carbocycles. The van der Waals surface area contributed by atoms with Crippen LogP contribution in [0.2, 0.25) is 0 Å². The second-order valence-electron chi connectivity index (χ2n) is 7.41. The fourth-order valence-electron chi connectivity index (χ4n) is 3.55. The molecule has 2 atom stereocenters. The highest BCUT2D eigenvalue weighted by molar-refractivity contribution is 5.85. The number of aromatic nitrogens is 2. The standard InChI is InChI=1S/C17H25N5O.2ClH/c18-14-4-9-22(10-12-2-3-12)11-13(14)15(23)21-17(5-6-17)16-19-7-1-8-20-16;;/h1,7-8,12-14H,2-6,9-11,18H2,(H,21,23);2*1H/t13-,14-;;/m1../s1. The Labute approximate surface area is 161 Å². The molecule has 0 radical (unpaired) electrons. The fourth-order valence-corrected chi connectivity index (χ4v) is 3.55. The normalized spacial score (nSPS) is 27.6. The minimum absolute atomic E-state index is 0. The first kappa shape index (κ1) is 20.4. The van der Waals surface area contributed by atoms with Crippen LogP contribution in [0.4, 0.5) is 0 Å². The van der Waals surface area contributed by atoms with Gasteiger partial charge in [-0.15, -0.1) is 24.8 Å². The largest absolute Gasteiger partial charge is 0.343 e. The van der Waals surface area contributed by atoms with Crippen molar-refractivity contribution in [3.63, 3.8) is 0 Å². The molecule has 0 unspecified atom stereocenters. The van der Waals surface area contributed by atoms with E-state index in [0.717, 1.165) is 50.6 Å². The third-order valence-electron chi connectivity index (χ3n) is 5.41. The van der Waals surface area contributed by atoms with Gasteiger partial charge in [0.15, 0.2) is 5.82 Å². The van der Waals surface area contributed by atoms with Crippen molar-refractivity contribution < 1.29 is 4.79 Å². The molecule has 0 spiro atoms. The first-order valence-electron chi connectivity index (χ1n) is 8.74. The second-order valence-corrected chi connectivity index (χ2v) is 7.41. The van der Waals surface area contributed by atoms with Crippen LogP contribution in [0, 0.1) is 11.8 Å². The van der Waals surface area contributed by atoms with E-state index in [-0.39, 0.29) is 48.2 Å². The van der Waals surface area contributed by atoms with Gasteiger partial charge in [-0.1, -0.05) is 0 Å². The van der Waals surface area contributed by atoms with Gasteiger partial charge < -0.3 is 16.0 Å². The highest BCUT2D eigenvalue weighted by Gasteiger charge is 2.49. The summed E-state index contributed by atoms with van der Waals surface area (Å²) < 4.78 is 0. The Balaban J connectivity index is 0.00000113. The Morgan fingerprint density at radius 2 is 1.92 bits per heavy atom. The molecule has 3 fully saturated rings. The molecule has 25 heavy (non-hydrogen) atoms. The molecule has 6 nitrogen and oxygen atoms in total. The summed E-state index contributed by atoms with van der Waals surface area (Å²) in [4.78, 5) is 23.9. The van der Waals surface area contributed by atoms with Gasteiger partial charge in [0.05, 0.1) is 11.5 Å². The third-order valence-corrected chi connectivity index (χ3v) is 5.41. The van der Waals surface area contributed by atoms with Crippen molar-refractivity contribution in [3.05, 3.63) is 24.3 Å². The van der Waals surface area contributed by atoms with Crippen molar-refractivity contribution in [2.75, 3.05) is 19.6 Å². The Bertz CT molecular complexity index is 580. The average molecular weight is 388 g/mol. The molecular weight excluding hydrogens is 361 g/mol. The van der Waals surface area contributed by atoms with Crippen LogP contribution in [-0.2, 0) is 10.3 Å². The number of carbonyl (C=O) groups is 1. The molecule has 1 aromatic rings. The van der Waals surface area contributed by atoms with E-state index in [2.05, 4.69) is 20.2 Å². The number of nitrogens with zero attached hydrogens (tertiary/aromatic N) is 3. The number of amides is 1. The molecule has 0 aromatic carbocycles. The summed E-state index contributed by atoms with van der Waals surface area (Å²) in [5.41, 5.74) is 5.90. The molecule has 8 heteroatoms. The number of carbonyl (C=O) groups excluding carboxylic acids is 1. The Morgan fingerprint density at radius 1 is 1.24 bits per heavy atom. The van der Waals surface area contributed by atoms with Gasteiger partial charge in [0.2, 0.25) is 5.91 Å². The number of nitrogens with one attached hydrogen (secondary N) is 1. The zero-order valence-corrected chi connectivity index (χ0v) is 15.9. The monoisotopic (exact) mass is 387 g/mol. The molecule has 1 aliphatic heterocycles. The van der Waals surface area contributed by atoms with Crippen molar-refractivity contribution in [1.82, 2.24) is 20.2 Å². The molecule has 3 aliphatic rings. The zero-order valence-electron chi connectivity index (χ0n) is 14.3. The minimum atomic E-state index is -0.350. The van der Waals surface area contributed by atoms with Crippen molar-refractivity contribution >= 4 is 30.7 Å². The van der Waals surface area contributed by atoms with Crippen LogP contribution in [0.25, 0.3) is 0 Å². The Hall–Kier alpha value is -0.950. The van der Waals surface area contributed by atoms with Crippen LogP contribution < -0.4 is 11.1 Å². The van der Waals surface area contributed by atoms with Crippen LogP contribution in [-0.4, -0.2) is 46.5 Å². The molecule has 4 rings (SSSR count). The summed E-state index contributed by atoms with van der Waals surface area (Å²) in [5.74, 6) is 1.53. The highest BCUT2D eigenvalue weighted by Crippen LogP contribution is 2.44. The van der Waals surface area contributed by atoms with E-state index in [1.807, 2.05) is 0 Å². The topological polar surface area (TPSA) is 84.1 Å². The number of piperidine rings is 1. The van der Waals surface area contributed by atoms with Crippen molar-refractivity contribution in [3.8, 4) is 0 Å². The number of likely N-dealkylation sites (tertiary alicyclic amines) is 1. The number of hydrogen-bond donors (Lipinski definition) is 2. The first-order valence-corrected chi connectivity index (χ1v) is 8.74. The van der Waals surface area contributed by atoms with Gasteiger partial charge in [0, 0.05) is 31.5 Å². The summed E-state index contributed by atoms with van der Waals surface area (Å²) in [6, 6.07) is 1.76. The van der Waals surface area contributed by atoms with Gasteiger partial charge in [-0.2, -0.15) is 0 Å². The molecule has 1 amide bonds. The maximum absolute atomic E-state index is 12.8.